The first-order valence-corrected chi connectivity index (χ1v) is 9.78. The summed E-state index contributed by atoms with van der Waals surface area (Å²) in [6.07, 6.45) is 4.42. The maximum atomic E-state index is 13.2. The van der Waals surface area contributed by atoms with Crippen molar-refractivity contribution in [3.05, 3.63) is 53.6 Å². The summed E-state index contributed by atoms with van der Waals surface area (Å²) in [5.41, 5.74) is 1.76. The maximum absolute atomic E-state index is 13.2. The smallest absolute Gasteiger partial charge is 0.257 e. The van der Waals surface area contributed by atoms with Gasteiger partial charge in [-0.3, -0.25) is 14.4 Å². The molecule has 5 nitrogen and oxygen atoms in total. The average molecular weight is 372 g/mol. The van der Waals surface area contributed by atoms with Crippen molar-refractivity contribution in [3.8, 4) is 0 Å². The monoisotopic (exact) mass is 372 g/mol. The molecular weight excluding hydrogens is 343 g/mol. The molecule has 27 heavy (non-hydrogen) atoms. The molecule has 1 atom stereocenters. The molecule has 1 aliphatic rings. The second-order valence-corrected chi connectivity index (χ2v) is 7.60. The van der Waals surface area contributed by atoms with Crippen LogP contribution in [0, 0.1) is 11.7 Å². The van der Waals surface area contributed by atoms with E-state index in [1.807, 2.05) is 30.2 Å². The van der Waals surface area contributed by atoms with Crippen molar-refractivity contribution >= 4 is 5.91 Å². The van der Waals surface area contributed by atoms with E-state index in [0.29, 0.717) is 18.0 Å². The van der Waals surface area contributed by atoms with Crippen molar-refractivity contribution in [2.75, 3.05) is 19.6 Å². The number of carbonyl (C=O) groups excluding carboxylic acids is 1. The minimum atomic E-state index is -0.209. The van der Waals surface area contributed by atoms with Crippen molar-refractivity contribution in [1.82, 2.24) is 19.6 Å². The number of hydrogen-bond acceptors (Lipinski definition) is 3. The molecule has 6 heteroatoms. The number of rotatable bonds is 5. The number of aryl methyl sites for hydroxylation is 1. The molecule has 1 aliphatic heterocycles. The molecule has 1 aromatic carbocycles. The van der Waals surface area contributed by atoms with Crippen LogP contribution in [0.25, 0.3) is 0 Å². The van der Waals surface area contributed by atoms with E-state index >= 15 is 0 Å². The van der Waals surface area contributed by atoms with Gasteiger partial charge >= 0.3 is 0 Å². The summed E-state index contributed by atoms with van der Waals surface area (Å²) in [4.78, 5) is 17.4. The minimum Gasteiger partial charge on any atom is -0.337 e. The molecule has 0 radical (unpaired) electrons. The largest absolute Gasteiger partial charge is 0.337 e. The van der Waals surface area contributed by atoms with Gasteiger partial charge in [0.15, 0.2) is 0 Å². The third-order valence-corrected chi connectivity index (χ3v) is 5.31. The highest BCUT2D eigenvalue weighted by molar-refractivity contribution is 5.93. The average Bonchev–Trinajstić information content (AvgIpc) is 3.04. The Kier molecular flexibility index (Phi) is 6.26. The second-order valence-electron chi connectivity index (χ2n) is 7.60. The normalized spacial score (nSPS) is 18.7. The van der Waals surface area contributed by atoms with Gasteiger partial charge in [-0.2, -0.15) is 5.10 Å². The lowest BCUT2D eigenvalue weighted by molar-refractivity contribution is 0.0702. The van der Waals surface area contributed by atoms with Crippen LogP contribution in [0.4, 0.5) is 4.39 Å². The Bertz CT molecular complexity index is 756. The summed E-state index contributed by atoms with van der Waals surface area (Å²) in [5.74, 6) is 0.264. The van der Waals surface area contributed by atoms with Crippen LogP contribution in [-0.2, 0) is 13.1 Å². The van der Waals surface area contributed by atoms with Crippen LogP contribution >= 0.6 is 0 Å². The van der Waals surface area contributed by atoms with Gasteiger partial charge in [-0.25, -0.2) is 4.39 Å². The number of benzene rings is 1. The van der Waals surface area contributed by atoms with Crippen molar-refractivity contribution < 1.29 is 9.18 Å². The Morgan fingerprint density at radius 1 is 1.26 bits per heavy atom. The third-order valence-electron chi connectivity index (χ3n) is 5.31. The lowest BCUT2D eigenvalue weighted by Gasteiger charge is -2.34. The summed E-state index contributed by atoms with van der Waals surface area (Å²) in [5, 5.41) is 4.23. The van der Waals surface area contributed by atoms with E-state index in [9.17, 15) is 9.18 Å². The molecule has 146 valence electrons. The van der Waals surface area contributed by atoms with Crippen LogP contribution in [0.1, 0.15) is 43.1 Å². The molecule has 0 saturated carbocycles. The zero-order valence-corrected chi connectivity index (χ0v) is 16.4. The number of carbonyl (C=O) groups is 1. The number of nitrogens with zero attached hydrogens (tertiary/aromatic N) is 4. The van der Waals surface area contributed by atoms with E-state index in [-0.39, 0.29) is 17.8 Å². The van der Waals surface area contributed by atoms with Crippen LogP contribution in [0.15, 0.2) is 36.7 Å². The number of amides is 1. The molecular formula is C21H29FN4O. The topological polar surface area (TPSA) is 41.4 Å². The molecule has 2 heterocycles. The Morgan fingerprint density at radius 3 is 2.63 bits per heavy atom. The first-order chi connectivity index (χ1) is 13.0. The van der Waals surface area contributed by atoms with Gasteiger partial charge < -0.3 is 4.90 Å². The van der Waals surface area contributed by atoms with E-state index in [1.165, 1.54) is 12.1 Å². The fourth-order valence-corrected chi connectivity index (χ4v) is 3.73. The second kappa shape index (κ2) is 8.65. The van der Waals surface area contributed by atoms with Gasteiger partial charge in [0.25, 0.3) is 5.91 Å². The highest BCUT2D eigenvalue weighted by Crippen LogP contribution is 2.21. The van der Waals surface area contributed by atoms with Crippen molar-refractivity contribution in [1.29, 1.82) is 0 Å². The van der Waals surface area contributed by atoms with Crippen molar-refractivity contribution in [2.24, 2.45) is 5.92 Å². The van der Waals surface area contributed by atoms with E-state index in [1.54, 1.807) is 10.9 Å². The summed E-state index contributed by atoms with van der Waals surface area (Å²) < 4.78 is 15.0. The fraction of sp³-hybridized carbons (Fsp3) is 0.524. The zero-order chi connectivity index (χ0) is 19.4. The maximum Gasteiger partial charge on any atom is 0.257 e. The fourth-order valence-electron chi connectivity index (χ4n) is 3.73. The zero-order valence-electron chi connectivity index (χ0n) is 16.4. The standard InChI is InChI=1S/C21H29FN4O/c1-4-26-14-18(12-23-26)21(27)25-11-5-10-24(20(15-25)16(2)3)13-17-6-8-19(22)9-7-17/h6-9,12,14,16,20H,4-5,10-11,13,15H2,1-3H3/t20-/m0/s1. The molecule has 1 aromatic heterocycles. The Labute approximate surface area is 160 Å². The van der Waals surface area contributed by atoms with Gasteiger partial charge in [0, 0.05) is 45.0 Å². The molecule has 0 N–H and O–H groups in total. The molecule has 0 aliphatic carbocycles. The third kappa shape index (κ3) is 4.75. The van der Waals surface area contributed by atoms with Gasteiger partial charge in [-0.15, -0.1) is 0 Å². The molecule has 1 fully saturated rings. The predicted octanol–water partition coefficient (Wildman–Crippen LogP) is 3.41. The Morgan fingerprint density at radius 2 is 2.00 bits per heavy atom. The van der Waals surface area contributed by atoms with Crippen LogP contribution in [-0.4, -0.2) is 51.2 Å². The van der Waals surface area contributed by atoms with Gasteiger partial charge in [-0.1, -0.05) is 26.0 Å². The summed E-state index contributed by atoms with van der Waals surface area (Å²) in [6, 6.07) is 6.99. The highest BCUT2D eigenvalue weighted by Gasteiger charge is 2.30. The molecule has 0 spiro atoms. The molecule has 1 amide bonds. The quantitative estimate of drug-likeness (QED) is 0.808. The predicted molar refractivity (Wildman–Crippen MR) is 104 cm³/mol. The van der Waals surface area contributed by atoms with Gasteiger partial charge in [0.2, 0.25) is 0 Å². The van der Waals surface area contributed by atoms with Crippen LogP contribution in [0.2, 0.25) is 0 Å². The minimum absolute atomic E-state index is 0.0592. The molecule has 0 unspecified atom stereocenters. The van der Waals surface area contributed by atoms with Gasteiger partial charge in [-0.05, 0) is 37.0 Å². The van der Waals surface area contributed by atoms with E-state index < -0.39 is 0 Å². The Hall–Kier alpha value is -2.21. The van der Waals surface area contributed by atoms with E-state index in [4.69, 9.17) is 0 Å². The SMILES string of the molecule is CCn1cc(C(=O)N2CCCN(Cc3ccc(F)cc3)[C@H](C(C)C)C2)cn1. The lowest BCUT2D eigenvalue weighted by atomic mass is 10.0. The van der Waals surface area contributed by atoms with Crippen LogP contribution < -0.4 is 0 Å². The van der Waals surface area contributed by atoms with Gasteiger partial charge in [0.1, 0.15) is 5.82 Å². The van der Waals surface area contributed by atoms with Crippen LogP contribution in [0.3, 0.4) is 0 Å². The van der Waals surface area contributed by atoms with Crippen molar-refractivity contribution in [3.63, 3.8) is 0 Å². The number of hydrogen-bond donors (Lipinski definition) is 0. The summed E-state index contributed by atoms with van der Waals surface area (Å²) in [6.45, 7) is 10.3. The first kappa shape index (κ1) is 19.5. The number of aromatic nitrogens is 2. The lowest BCUT2D eigenvalue weighted by Crippen LogP contribution is -2.45. The van der Waals surface area contributed by atoms with Gasteiger partial charge in [0.05, 0.1) is 11.8 Å². The number of halogens is 1. The molecule has 1 saturated heterocycles. The molecule has 0 bridgehead atoms. The Balaban J connectivity index is 1.74. The molecule has 3 rings (SSSR count). The first-order valence-electron chi connectivity index (χ1n) is 9.78. The van der Waals surface area contributed by atoms with Crippen molar-refractivity contribution in [2.45, 2.75) is 46.3 Å². The highest BCUT2D eigenvalue weighted by atomic mass is 19.1. The van der Waals surface area contributed by atoms with Crippen LogP contribution in [0.5, 0.6) is 0 Å². The summed E-state index contributed by atoms with van der Waals surface area (Å²) >= 11 is 0. The van der Waals surface area contributed by atoms with E-state index in [0.717, 1.165) is 38.2 Å². The summed E-state index contributed by atoms with van der Waals surface area (Å²) in [7, 11) is 0. The molecule has 2 aromatic rings. The van der Waals surface area contributed by atoms with E-state index in [2.05, 4.69) is 23.8 Å².